The largest absolute Gasteiger partial charge is 0.508 e. The maximum absolute atomic E-state index is 12.4. The van der Waals surface area contributed by atoms with Crippen LogP contribution in [0.4, 0.5) is 0 Å². The summed E-state index contributed by atoms with van der Waals surface area (Å²) < 4.78 is 31.2. The number of aromatic hydroxyl groups is 1. The Hall–Kier alpha value is -2.05. The Morgan fingerprint density at radius 3 is 2.43 bits per heavy atom. The van der Waals surface area contributed by atoms with Crippen molar-refractivity contribution < 1.29 is 18.3 Å². The summed E-state index contributed by atoms with van der Waals surface area (Å²) in [6, 6.07) is 12.7. The molecular weight excluding hydrogens is 290 g/mol. The summed E-state index contributed by atoms with van der Waals surface area (Å²) in [7, 11) is -0.511. The summed E-state index contributed by atoms with van der Waals surface area (Å²) in [5, 5.41) is 9.23. The van der Waals surface area contributed by atoms with Gasteiger partial charge in [-0.3, -0.25) is 0 Å². The van der Waals surface area contributed by atoms with Gasteiger partial charge in [-0.1, -0.05) is 12.1 Å². The molecular formula is C15H17NO4S. The van der Waals surface area contributed by atoms with Gasteiger partial charge in [0.1, 0.15) is 11.5 Å². The van der Waals surface area contributed by atoms with Gasteiger partial charge >= 0.3 is 0 Å². The van der Waals surface area contributed by atoms with E-state index in [0.717, 1.165) is 5.56 Å². The fourth-order valence-electron chi connectivity index (χ4n) is 1.91. The van der Waals surface area contributed by atoms with Gasteiger partial charge in [0.15, 0.2) is 0 Å². The average molecular weight is 307 g/mol. The molecule has 0 heterocycles. The van der Waals surface area contributed by atoms with Crippen LogP contribution in [0.1, 0.15) is 5.56 Å². The minimum Gasteiger partial charge on any atom is -0.508 e. The molecule has 0 saturated heterocycles. The van der Waals surface area contributed by atoms with E-state index in [2.05, 4.69) is 0 Å². The molecule has 0 unspecified atom stereocenters. The number of nitrogens with zero attached hydrogens (tertiary/aromatic N) is 1. The first-order valence-corrected chi connectivity index (χ1v) is 7.76. The Morgan fingerprint density at radius 2 is 1.81 bits per heavy atom. The van der Waals surface area contributed by atoms with Crippen molar-refractivity contribution in [3.05, 3.63) is 54.1 Å². The lowest BCUT2D eigenvalue weighted by Gasteiger charge is -2.17. The van der Waals surface area contributed by atoms with Crippen LogP contribution in [-0.2, 0) is 16.6 Å². The van der Waals surface area contributed by atoms with Crippen LogP contribution in [-0.4, -0.2) is 32.0 Å². The van der Waals surface area contributed by atoms with Gasteiger partial charge < -0.3 is 9.84 Å². The Bertz CT molecular complexity index is 711. The normalized spacial score (nSPS) is 11.6. The molecule has 0 spiro atoms. The van der Waals surface area contributed by atoms with Crippen molar-refractivity contribution in [2.24, 2.45) is 0 Å². The Kier molecular flexibility index (Phi) is 4.50. The van der Waals surface area contributed by atoms with E-state index in [4.69, 9.17) is 4.74 Å². The van der Waals surface area contributed by atoms with E-state index in [0.29, 0.717) is 5.75 Å². The summed E-state index contributed by atoms with van der Waals surface area (Å²) in [6.45, 7) is 0.237. The van der Waals surface area contributed by atoms with Gasteiger partial charge in [0, 0.05) is 13.6 Å². The van der Waals surface area contributed by atoms with Crippen LogP contribution in [0.5, 0.6) is 11.5 Å². The number of sulfonamides is 1. The predicted molar refractivity (Wildman–Crippen MR) is 79.8 cm³/mol. The zero-order chi connectivity index (χ0) is 15.5. The molecule has 0 aliphatic carbocycles. The fourth-order valence-corrected chi connectivity index (χ4v) is 3.07. The maximum Gasteiger partial charge on any atom is 0.243 e. The van der Waals surface area contributed by atoms with Crippen LogP contribution >= 0.6 is 0 Å². The number of ether oxygens (including phenoxy) is 1. The molecule has 0 bridgehead atoms. The number of hydrogen-bond donors (Lipinski definition) is 1. The first-order chi connectivity index (χ1) is 9.93. The van der Waals surface area contributed by atoms with Gasteiger partial charge in [-0.25, -0.2) is 8.42 Å². The molecule has 2 aromatic rings. The second-order valence-electron chi connectivity index (χ2n) is 4.61. The number of phenolic OH excluding ortho intramolecular Hbond substituents is 1. The summed E-state index contributed by atoms with van der Waals surface area (Å²) in [4.78, 5) is 0.144. The number of methoxy groups -OCH3 is 1. The quantitative estimate of drug-likeness (QED) is 0.920. The molecule has 0 amide bonds. The zero-order valence-corrected chi connectivity index (χ0v) is 12.7. The molecule has 0 atom stereocenters. The fraction of sp³-hybridized carbons (Fsp3) is 0.200. The summed E-state index contributed by atoms with van der Waals surface area (Å²) in [5.41, 5.74) is 0.833. The van der Waals surface area contributed by atoms with Gasteiger partial charge in [-0.15, -0.1) is 0 Å². The van der Waals surface area contributed by atoms with Crippen LogP contribution in [0.2, 0.25) is 0 Å². The van der Waals surface area contributed by atoms with E-state index < -0.39 is 10.0 Å². The maximum atomic E-state index is 12.4. The van der Waals surface area contributed by atoms with Gasteiger partial charge in [0.25, 0.3) is 0 Å². The molecule has 0 aliphatic heterocycles. The zero-order valence-electron chi connectivity index (χ0n) is 11.9. The highest BCUT2D eigenvalue weighted by Crippen LogP contribution is 2.20. The van der Waals surface area contributed by atoms with Crippen molar-refractivity contribution in [1.82, 2.24) is 4.31 Å². The van der Waals surface area contributed by atoms with Crippen molar-refractivity contribution in [2.45, 2.75) is 11.4 Å². The topological polar surface area (TPSA) is 66.8 Å². The van der Waals surface area contributed by atoms with Crippen LogP contribution in [0.25, 0.3) is 0 Å². The van der Waals surface area contributed by atoms with Gasteiger partial charge in [0.05, 0.1) is 12.0 Å². The van der Waals surface area contributed by atoms with E-state index in [1.165, 1.54) is 35.6 Å². The second-order valence-corrected chi connectivity index (χ2v) is 6.65. The van der Waals surface area contributed by atoms with Crippen molar-refractivity contribution >= 4 is 10.0 Å². The third-order valence-electron chi connectivity index (χ3n) is 3.08. The van der Waals surface area contributed by atoms with Crippen LogP contribution < -0.4 is 4.74 Å². The molecule has 2 rings (SSSR count). The molecule has 2 aromatic carbocycles. The number of hydrogen-bond acceptors (Lipinski definition) is 4. The van der Waals surface area contributed by atoms with Gasteiger partial charge in [0.2, 0.25) is 10.0 Å². The molecule has 21 heavy (non-hydrogen) atoms. The highest BCUT2D eigenvalue weighted by Gasteiger charge is 2.20. The lowest BCUT2D eigenvalue weighted by atomic mass is 10.2. The number of benzene rings is 2. The van der Waals surface area contributed by atoms with E-state index in [9.17, 15) is 13.5 Å². The van der Waals surface area contributed by atoms with E-state index in [1.54, 1.807) is 19.2 Å². The molecule has 1 N–H and O–H groups in total. The first-order valence-electron chi connectivity index (χ1n) is 6.32. The number of phenols is 1. The molecule has 0 aromatic heterocycles. The standard InChI is InChI=1S/C15H17NO4S/c1-16(11-12-4-3-5-14(10-12)20-2)21(18,19)15-8-6-13(17)7-9-15/h3-10,17H,11H2,1-2H3. The molecule has 112 valence electrons. The van der Waals surface area contributed by atoms with Crippen molar-refractivity contribution in [3.8, 4) is 11.5 Å². The Balaban J connectivity index is 2.22. The van der Waals surface area contributed by atoms with Gasteiger partial charge in [-0.2, -0.15) is 4.31 Å². The molecule has 0 saturated carbocycles. The van der Waals surface area contributed by atoms with Crippen LogP contribution in [0.15, 0.2) is 53.4 Å². The summed E-state index contributed by atoms with van der Waals surface area (Å²) in [5.74, 6) is 0.715. The highest BCUT2D eigenvalue weighted by atomic mass is 32.2. The van der Waals surface area contributed by atoms with Crippen molar-refractivity contribution in [2.75, 3.05) is 14.2 Å². The summed E-state index contributed by atoms with van der Waals surface area (Å²) >= 11 is 0. The predicted octanol–water partition coefficient (Wildman–Crippen LogP) is 2.22. The van der Waals surface area contributed by atoms with Crippen LogP contribution in [0, 0.1) is 0 Å². The average Bonchev–Trinajstić information content (AvgIpc) is 2.48. The second kappa shape index (κ2) is 6.15. The van der Waals surface area contributed by atoms with E-state index >= 15 is 0 Å². The third kappa shape index (κ3) is 3.53. The molecule has 0 radical (unpaired) electrons. The minimum absolute atomic E-state index is 0.0319. The molecule has 5 nitrogen and oxygen atoms in total. The minimum atomic E-state index is -3.59. The monoisotopic (exact) mass is 307 g/mol. The smallest absolute Gasteiger partial charge is 0.243 e. The summed E-state index contributed by atoms with van der Waals surface area (Å²) in [6.07, 6.45) is 0. The van der Waals surface area contributed by atoms with Crippen molar-refractivity contribution in [1.29, 1.82) is 0 Å². The lowest BCUT2D eigenvalue weighted by Crippen LogP contribution is -2.26. The van der Waals surface area contributed by atoms with E-state index in [1.807, 2.05) is 12.1 Å². The Labute approximate surface area is 124 Å². The highest BCUT2D eigenvalue weighted by molar-refractivity contribution is 7.89. The van der Waals surface area contributed by atoms with Gasteiger partial charge in [-0.05, 0) is 42.0 Å². The van der Waals surface area contributed by atoms with Crippen LogP contribution in [0.3, 0.4) is 0 Å². The van der Waals surface area contributed by atoms with Crippen molar-refractivity contribution in [3.63, 3.8) is 0 Å². The molecule has 0 aliphatic rings. The lowest BCUT2D eigenvalue weighted by molar-refractivity contribution is 0.412. The number of rotatable bonds is 5. The van der Waals surface area contributed by atoms with E-state index in [-0.39, 0.29) is 17.2 Å². The molecule has 0 fully saturated rings. The first kappa shape index (κ1) is 15.3. The SMILES string of the molecule is COc1cccc(CN(C)S(=O)(=O)c2ccc(O)cc2)c1. The third-order valence-corrected chi connectivity index (χ3v) is 4.90. The molecule has 6 heteroatoms. The Morgan fingerprint density at radius 1 is 1.14 bits per heavy atom.